The second kappa shape index (κ2) is 10.6. The minimum atomic E-state index is -4.46. The van der Waals surface area contributed by atoms with E-state index in [9.17, 15) is 18.0 Å². The van der Waals surface area contributed by atoms with Crippen LogP contribution in [0.1, 0.15) is 34.0 Å². The summed E-state index contributed by atoms with van der Waals surface area (Å²) in [7, 11) is 0. The first-order valence-corrected chi connectivity index (χ1v) is 10.1. The normalized spacial score (nSPS) is 10.9. The Labute approximate surface area is 189 Å². The highest BCUT2D eigenvalue weighted by Crippen LogP contribution is 2.30. The van der Waals surface area contributed by atoms with E-state index in [4.69, 9.17) is 9.47 Å². The molecule has 0 atom stereocenters. The molecule has 33 heavy (non-hydrogen) atoms. The zero-order chi connectivity index (χ0) is 23.8. The Kier molecular flexibility index (Phi) is 7.61. The number of benzene rings is 3. The van der Waals surface area contributed by atoms with Crippen LogP contribution in [0.5, 0.6) is 11.5 Å². The SMILES string of the molecule is C=C(NNC(=O)c1ccc(COc2ccc(OCC)cc2)cc1)c1cccc(C(F)(F)F)c1. The molecule has 0 aliphatic heterocycles. The first-order chi connectivity index (χ1) is 15.8. The van der Waals surface area contributed by atoms with Crippen molar-refractivity contribution >= 4 is 11.6 Å². The number of ether oxygens (including phenoxy) is 2. The Morgan fingerprint density at radius 1 is 0.879 bits per heavy atom. The highest BCUT2D eigenvalue weighted by Gasteiger charge is 2.30. The molecule has 3 aromatic carbocycles. The van der Waals surface area contributed by atoms with Gasteiger partial charge < -0.3 is 9.47 Å². The van der Waals surface area contributed by atoms with Gasteiger partial charge >= 0.3 is 6.18 Å². The zero-order valence-electron chi connectivity index (χ0n) is 17.9. The molecule has 0 fully saturated rings. The number of halogens is 3. The molecule has 0 saturated heterocycles. The lowest BCUT2D eigenvalue weighted by molar-refractivity contribution is -0.137. The van der Waals surface area contributed by atoms with Crippen molar-refractivity contribution in [2.75, 3.05) is 6.61 Å². The van der Waals surface area contributed by atoms with E-state index in [0.717, 1.165) is 23.4 Å². The molecule has 0 spiro atoms. The molecule has 3 aromatic rings. The minimum Gasteiger partial charge on any atom is -0.494 e. The third-order valence-corrected chi connectivity index (χ3v) is 4.62. The van der Waals surface area contributed by atoms with E-state index in [1.807, 2.05) is 31.2 Å². The number of nitrogens with one attached hydrogen (secondary N) is 2. The maximum atomic E-state index is 12.9. The van der Waals surface area contributed by atoms with Crippen LogP contribution >= 0.6 is 0 Å². The number of hydrogen-bond acceptors (Lipinski definition) is 4. The molecule has 0 bridgehead atoms. The fraction of sp³-hybridized carbons (Fsp3) is 0.160. The molecule has 0 heterocycles. The van der Waals surface area contributed by atoms with Gasteiger partial charge in [0.05, 0.1) is 17.9 Å². The van der Waals surface area contributed by atoms with E-state index in [1.165, 1.54) is 12.1 Å². The fourth-order valence-corrected chi connectivity index (χ4v) is 2.88. The third kappa shape index (κ3) is 6.77. The van der Waals surface area contributed by atoms with Gasteiger partial charge in [0, 0.05) is 5.56 Å². The smallest absolute Gasteiger partial charge is 0.416 e. The van der Waals surface area contributed by atoms with Gasteiger partial charge in [0.25, 0.3) is 5.91 Å². The summed E-state index contributed by atoms with van der Waals surface area (Å²) < 4.78 is 49.7. The highest BCUT2D eigenvalue weighted by molar-refractivity contribution is 5.94. The van der Waals surface area contributed by atoms with E-state index in [0.29, 0.717) is 24.5 Å². The molecule has 172 valence electrons. The Morgan fingerprint density at radius 2 is 1.52 bits per heavy atom. The lowest BCUT2D eigenvalue weighted by atomic mass is 10.1. The van der Waals surface area contributed by atoms with Gasteiger partial charge in [-0.2, -0.15) is 13.2 Å². The predicted molar refractivity (Wildman–Crippen MR) is 119 cm³/mol. The second-order valence-electron chi connectivity index (χ2n) is 7.03. The predicted octanol–water partition coefficient (Wildman–Crippen LogP) is 5.59. The van der Waals surface area contributed by atoms with Crippen molar-refractivity contribution in [1.82, 2.24) is 10.9 Å². The summed E-state index contributed by atoms with van der Waals surface area (Å²) in [5.74, 6) is 1.00. The van der Waals surface area contributed by atoms with Crippen molar-refractivity contribution in [3.63, 3.8) is 0 Å². The summed E-state index contributed by atoms with van der Waals surface area (Å²) in [6, 6.07) is 18.7. The lowest BCUT2D eigenvalue weighted by Crippen LogP contribution is -2.35. The number of alkyl halides is 3. The fourth-order valence-electron chi connectivity index (χ4n) is 2.88. The van der Waals surface area contributed by atoms with Crippen LogP contribution in [0.4, 0.5) is 13.2 Å². The summed E-state index contributed by atoms with van der Waals surface area (Å²) >= 11 is 0. The van der Waals surface area contributed by atoms with Crippen molar-refractivity contribution in [3.05, 3.63) is 102 Å². The Morgan fingerprint density at radius 3 is 2.12 bits per heavy atom. The first-order valence-electron chi connectivity index (χ1n) is 10.1. The minimum absolute atomic E-state index is 0.134. The van der Waals surface area contributed by atoms with Crippen LogP contribution in [0.2, 0.25) is 0 Å². The van der Waals surface area contributed by atoms with Crippen LogP contribution in [0.15, 0.2) is 79.4 Å². The summed E-state index contributed by atoms with van der Waals surface area (Å²) in [5.41, 5.74) is 5.77. The first kappa shape index (κ1) is 23.7. The topological polar surface area (TPSA) is 59.6 Å². The van der Waals surface area contributed by atoms with Crippen LogP contribution < -0.4 is 20.3 Å². The molecule has 0 aromatic heterocycles. The molecule has 2 N–H and O–H groups in total. The van der Waals surface area contributed by atoms with E-state index in [-0.39, 0.29) is 11.3 Å². The largest absolute Gasteiger partial charge is 0.494 e. The number of carbonyl (C=O) groups excluding carboxylic acids is 1. The monoisotopic (exact) mass is 456 g/mol. The molecule has 5 nitrogen and oxygen atoms in total. The van der Waals surface area contributed by atoms with Crippen LogP contribution in [0.25, 0.3) is 5.70 Å². The molecule has 0 aliphatic carbocycles. The maximum Gasteiger partial charge on any atom is 0.416 e. The molecule has 0 aliphatic rings. The van der Waals surface area contributed by atoms with Crippen molar-refractivity contribution in [2.45, 2.75) is 19.7 Å². The molecule has 0 radical (unpaired) electrons. The molecule has 8 heteroatoms. The van der Waals surface area contributed by atoms with E-state index >= 15 is 0 Å². The molecule has 3 rings (SSSR count). The van der Waals surface area contributed by atoms with E-state index < -0.39 is 17.6 Å². The molecular formula is C25H23F3N2O3. The van der Waals surface area contributed by atoms with Gasteiger partial charge in [-0.05, 0) is 66.6 Å². The van der Waals surface area contributed by atoms with Gasteiger partial charge in [0.15, 0.2) is 0 Å². The van der Waals surface area contributed by atoms with Crippen molar-refractivity contribution < 1.29 is 27.4 Å². The van der Waals surface area contributed by atoms with Gasteiger partial charge in [0.2, 0.25) is 0 Å². The summed E-state index contributed by atoms with van der Waals surface area (Å²) in [5, 5.41) is 0. The zero-order valence-corrected chi connectivity index (χ0v) is 17.9. The highest BCUT2D eigenvalue weighted by atomic mass is 19.4. The average Bonchev–Trinajstić information content (AvgIpc) is 2.82. The average molecular weight is 456 g/mol. The van der Waals surface area contributed by atoms with Gasteiger partial charge in [0.1, 0.15) is 18.1 Å². The second-order valence-corrected chi connectivity index (χ2v) is 7.03. The quantitative estimate of drug-likeness (QED) is 0.412. The standard InChI is InChI=1S/C25H23F3N2O3/c1-3-32-22-11-13-23(14-12-22)33-16-18-7-9-19(10-8-18)24(31)30-29-17(2)20-5-4-6-21(15-20)25(26,27)28/h4-15,29H,2-3,16H2,1H3,(H,30,31). The Balaban J connectivity index is 1.51. The number of carbonyl (C=O) groups is 1. The van der Waals surface area contributed by atoms with E-state index in [1.54, 1.807) is 24.3 Å². The summed E-state index contributed by atoms with van der Waals surface area (Å²) in [6.45, 7) is 6.51. The number of rotatable bonds is 9. The maximum absolute atomic E-state index is 12.9. The van der Waals surface area contributed by atoms with Crippen LogP contribution in [0.3, 0.4) is 0 Å². The van der Waals surface area contributed by atoms with Gasteiger partial charge in [-0.15, -0.1) is 0 Å². The summed E-state index contributed by atoms with van der Waals surface area (Å²) in [4.78, 5) is 12.3. The Hall–Kier alpha value is -3.94. The molecule has 1 amide bonds. The van der Waals surface area contributed by atoms with E-state index in [2.05, 4.69) is 17.4 Å². The number of hydrogen-bond donors (Lipinski definition) is 2. The molecule has 0 unspecified atom stereocenters. The van der Waals surface area contributed by atoms with Gasteiger partial charge in [-0.1, -0.05) is 30.8 Å². The molecular weight excluding hydrogens is 433 g/mol. The summed E-state index contributed by atoms with van der Waals surface area (Å²) in [6.07, 6.45) is -4.46. The number of amides is 1. The lowest BCUT2D eigenvalue weighted by Gasteiger charge is -2.13. The third-order valence-electron chi connectivity index (χ3n) is 4.62. The van der Waals surface area contributed by atoms with Crippen molar-refractivity contribution in [3.8, 4) is 11.5 Å². The van der Waals surface area contributed by atoms with Crippen LogP contribution in [-0.4, -0.2) is 12.5 Å². The van der Waals surface area contributed by atoms with Gasteiger partial charge in [-0.3, -0.25) is 15.6 Å². The Bertz CT molecular complexity index is 1100. The molecule has 0 saturated carbocycles. The number of hydrazine groups is 1. The van der Waals surface area contributed by atoms with Gasteiger partial charge in [-0.25, -0.2) is 0 Å². The van der Waals surface area contributed by atoms with Crippen molar-refractivity contribution in [1.29, 1.82) is 0 Å². The van der Waals surface area contributed by atoms with Crippen molar-refractivity contribution in [2.24, 2.45) is 0 Å². The van der Waals surface area contributed by atoms with Crippen LogP contribution in [-0.2, 0) is 12.8 Å². The van der Waals surface area contributed by atoms with Crippen LogP contribution in [0, 0.1) is 0 Å².